The van der Waals surface area contributed by atoms with Crippen LogP contribution in [0.1, 0.15) is 12.8 Å². The third kappa shape index (κ3) is 4.20. The first-order valence-corrected chi connectivity index (χ1v) is 9.78. The molecule has 30 heavy (non-hydrogen) atoms. The zero-order chi connectivity index (χ0) is 21.1. The number of esters is 1. The van der Waals surface area contributed by atoms with Crippen molar-refractivity contribution in [1.29, 1.82) is 0 Å². The third-order valence-electron chi connectivity index (χ3n) is 5.36. The predicted molar refractivity (Wildman–Crippen MR) is 114 cm³/mol. The van der Waals surface area contributed by atoms with E-state index in [9.17, 15) is 9.59 Å². The van der Waals surface area contributed by atoms with E-state index in [2.05, 4.69) is 21.1 Å². The van der Waals surface area contributed by atoms with Gasteiger partial charge in [-0.15, -0.1) is 0 Å². The van der Waals surface area contributed by atoms with Crippen LogP contribution in [-0.2, 0) is 14.3 Å². The summed E-state index contributed by atoms with van der Waals surface area (Å²) in [6, 6.07) is 15.7. The zero-order valence-corrected chi connectivity index (χ0v) is 16.6. The molecule has 2 aromatic carbocycles. The summed E-state index contributed by atoms with van der Waals surface area (Å²) in [6.07, 6.45) is 2.36. The zero-order valence-electron chi connectivity index (χ0n) is 16.6. The lowest BCUT2D eigenvalue weighted by atomic mass is 10.0. The quantitative estimate of drug-likeness (QED) is 0.611. The number of anilines is 1. The number of hydrogen-bond donors (Lipinski definition) is 2. The molecule has 0 spiro atoms. The fourth-order valence-corrected chi connectivity index (χ4v) is 3.72. The highest BCUT2D eigenvalue weighted by Crippen LogP contribution is 2.28. The number of aromatic nitrogens is 1. The van der Waals surface area contributed by atoms with Crippen molar-refractivity contribution < 1.29 is 19.1 Å². The average molecular weight is 405 g/mol. The summed E-state index contributed by atoms with van der Waals surface area (Å²) in [5, 5.41) is 4.85. The fourth-order valence-electron chi connectivity index (χ4n) is 3.72. The fraction of sp³-hybridized carbons (Fsp3) is 0.261. The van der Waals surface area contributed by atoms with Crippen LogP contribution in [0.2, 0.25) is 0 Å². The second-order valence-electron chi connectivity index (χ2n) is 7.39. The maximum absolute atomic E-state index is 12.0. The molecule has 0 aliphatic carbocycles. The van der Waals surface area contributed by atoms with Crippen molar-refractivity contribution >= 4 is 28.5 Å². The Bertz CT molecular complexity index is 1080. The summed E-state index contributed by atoms with van der Waals surface area (Å²) in [5.41, 5.74) is 8.06. The molecular weight excluding hydrogens is 382 g/mol. The van der Waals surface area contributed by atoms with Crippen LogP contribution < -0.4 is 15.8 Å². The van der Waals surface area contributed by atoms with E-state index in [4.69, 9.17) is 10.5 Å². The van der Waals surface area contributed by atoms with Crippen molar-refractivity contribution in [3.63, 3.8) is 0 Å². The summed E-state index contributed by atoms with van der Waals surface area (Å²) < 4.78 is 10.5. The molecule has 3 aromatic rings. The van der Waals surface area contributed by atoms with Gasteiger partial charge in [-0.25, -0.2) is 4.98 Å². The number of nitrogens with two attached hydrogens (primary N) is 1. The van der Waals surface area contributed by atoms with E-state index in [1.165, 1.54) is 7.11 Å². The van der Waals surface area contributed by atoms with Crippen LogP contribution in [0.3, 0.4) is 0 Å². The average Bonchev–Trinajstić information content (AvgIpc) is 3.11. The summed E-state index contributed by atoms with van der Waals surface area (Å²) in [6.45, 7) is 0.352. The molecule has 7 heteroatoms. The number of fused-ring (bicyclic) bond motifs is 1. The van der Waals surface area contributed by atoms with E-state index in [1.807, 2.05) is 42.5 Å². The number of nitrogens with zero attached hydrogens (tertiary/aromatic N) is 1. The van der Waals surface area contributed by atoms with Gasteiger partial charge in [-0.05, 0) is 47.2 Å². The number of methoxy groups -OCH3 is 1. The van der Waals surface area contributed by atoms with Crippen LogP contribution in [0.5, 0.6) is 5.75 Å². The highest BCUT2D eigenvalue weighted by molar-refractivity contribution is 5.93. The molecule has 1 fully saturated rings. The highest BCUT2D eigenvalue weighted by Gasteiger charge is 2.34. The van der Waals surface area contributed by atoms with E-state index in [0.717, 1.165) is 27.6 Å². The number of pyridine rings is 1. The normalized spacial score (nSPS) is 18.2. The molecule has 4 rings (SSSR count). The number of benzene rings is 2. The van der Waals surface area contributed by atoms with E-state index in [1.54, 1.807) is 6.20 Å². The Morgan fingerprint density at radius 3 is 2.70 bits per heavy atom. The summed E-state index contributed by atoms with van der Waals surface area (Å²) in [5.74, 6) is 0.385. The van der Waals surface area contributed by atoms with Crippen molar-refractivity contribution in [3.05, 3.63) is 54.7 Å². The SMILES string of the molecule is COC(=O)C[C@@H]1C[C@@H](COc2ccc(-c3ccc4c(N)nccc4c3)cc2)NC1=O. The Morgan fingerprint density at radius 1 is 1.17 bits per heavy atom. The smallest absolute Gasteiger partial charge is 0.306 e. The van der Waals surface area contributed by atoms with Gasteiger partial charge < -0.3 is 20.5 Å². The van der Waals surface area contributed by atoms with Crippen molar-refractivity contribution in [3.8, 4) is 16.9 Å². The van der Waals surface area contributed by atoms with E-state index in [-0.39, 0.29) is 30.3 Å². The van der Waals surface area contributed by atoms with Gasteiger partial charge in [0, 0.05) is 11.6 Å². The first kappa shape index (κ1) is 19.7. The minimum absolute atomic E-state index is 0.0982. The minimum Gasteiger partial charge on any atom is -0.491 e. The van der Waals surface area contributed by atoms with Gasteiger partial charge in [-0.1, -0.05) is 24.3 Å². The molecule has 0 unspecified atom stereocenters. The molecule has 1 aliphatic heterocycles. The number of nitrogen functional groups attached to an aromatic ring is 1. The van der Waals surface area contributed by atoms with Gasteiger partial charge in [-0.3, -0.25) is 9.59 Å². The van der Waals surface area contributed by atoms with E-state index >= 15 is 0 Å². The number of amides is 1. The summed E-state index contributed by atoms with van der Waals surface area (Å²) in [4.78, 5) is 27.5. The topological polar surface area (TPSA) is 104 Å². The molecule has 7 nitrogen and oxygen atoms in total. The van der Waals surface area contributed by atoms with Crippen LogP contribution >= 0.6 is 0 Å². The van der Waals surface area contributed by atoms with Gasteiger partial charge in [0.15, 0.2) is 0 Å². The Morgan fingerprint density at radius 2 is 1.93 bits per heavy atom. The van der Waals surface area contributed by atoms with Gasteiger partial charge in [0.1, 0.15) is 18.2 Å². The van der Waals surface area contributed by atoms with Crippen molar-refractivity contribution in [1.82, 2.24) is 10.3 Å². The molecule has 2 heterocycles. The van der Waals surface area contributed by atoms with E-state index < -0.39 is 0 Å². The van der Waals surface area contributed by atoms with Crippen LogP contribution in [0, 0.1) is 5.92 Å². The van der Waals surface area contributed by atoms with Crippen LogP contribution in [0.4, 0.5) is 5.82 Å². The highest BCUT2D eigenvalue weighted by atomic mass is 16.5. The summed E-state index contributed by atoms with van der Waals surface area (Å²) in [7, 11) is 1.32. The second-order valence-corrected chi connectivity index (χ2v) is 7.39. The molecule has 3 N–H and O–H groups in total. The lowest BCUT2D eigenvalue weighted by molar-refractivity contribution is -0.143. The van der Waals surface area contributed by atoms with Gasteiger partial charge in [0.05, 0.1) is 25.5 Å². The minimum atomic E-state index is -0.375. The molecule has 1 saturated heterocycles. The number of carbonyl (C=O) groups is 2. The van der Waals surface area contributed by atoms with Gasteiger partial charge in [0.2, 0.25) is 5.91 Å². The molecule has 0 saturated carbocycles. The van der Waals surface area contributed by atoms with Gasteiger partial charge in [0.25, 0.3) is 0 Å². The largest absolute Gasteiger partial charge is 0.491 e. The Labute approximate surface area is 174 Å². The van der Waals surface area contributed by atoms with Crippen molar-refractivity contribution in [2.45, 2.75) is 18.9 Å². The number of ether oxygens (including phenoxy) is 2. The maximum atomic E-state index is 12.0. The molecule has 0 radical (unpaired) electrons. The van der Waals surface area contributed by atoms with E-state index in [0.29, 0.717) is 18.8 Å². The lowest BCUT2D eigenvalue weighted by Crippen LogP contribution is -2.31. The monoisotopic (exact) mass is 405 g/mol. The molecular formula is C23H23N3O4. The molecule has 154 valence electrons. The third-order valence-corrected chi connectivity index (χ3v) is 5.36. The number of nitrogens with one attached hydrogen (secondary N) is 1. The predicted octanol–water partition coefficient (Wildman–Crippen LogP) is 2.93. The number of rotatable bonds is 6. The first-order chi connectivity index (χ1) is 14.5. The van der Waals surface area contributed by atoms with Crippen molar-refractivity contribution in [2.24, 2.45) is 5.92 Å². The Balaban J connectivity index is 1.38. The van der Waals surface area contributed by atoms with Gasteiger partial charge in [-0.2, -0.15) is 0 Å². The van der Waals surface area contributed by atoms with Crippen LogP contribution in [-0.4, -0.2) is 36.6 Å². The van der Waals surface area contributed by atoms with Crippen LogP contribution in [0.15, 0.2) is 54.7 Å². The summed E-state index contributed by atoms with van der Waals surface area (Å²) >= 11 is 0. The lowest BCUT2D eigenvalue weighted by Gasteiger charge is -2.12. The number of hydrogen-bond acceptors (Lipinski definition) is 6. The Hall–Kier alpha value is -3.61. The standard InChI is InChI=1S/C23H23N3O4/c1-29-21(27)12-17-11-18(26-23(17)28)13-30-19-5-2-14(3-6-19)15-4-7-20-16(10-15)8-9-25-22(20)24/h2-10,17-18H,11-13H2,1H3,(H2,24,25)(H,26,28)/t17-,18-/m0/s1. The first-order valence-electron chi connectivity index (χ1n) is 9.78. The maximum Gasteiger partial charge on any atom is 0.306 e. The molecule has 1 amide bonds. The number of carbonyl (C=O) groups excluding carboxylic acids is 2. The second kappa shape index (κ2) is 8.41. The molecule has 1 aromatic heterocycles. The Kier molecular flexibility index (Phi) is 5.52. The van der Waals surface area contributed by atoms with Crippen molar-refractivity contribution in [2.75, 3.05) is 19.5 Å². The molecule has 1 aliphatic rings. The molecule has 0 bridgehead atoms. The van der Waals surface area contributed by atoms with Gasteiger partial charge >= 0.3 is 5.97 Å². The molecule has 2 atom stereocenters. The van der Waals surface area contributed by atoms with Crippen LogP contribution in [0.25, 0.3) is 21.9 Å².